The van der Waals surface area contributed by atoms with Gasteiger partial charge in [-0.25, -0.2) is 4.98 Å². The molecule has 0 fully saturated rings. The van der Waals surface area contributed by atoms with Crippen molar-refractivity contribution in [1.82, 2.24) is 9.55 Å². The zero-order chi connectivity index (χ0) is 25.1. The highest BCUT2D eigenvalue weighted by Crippen LogP contribution is 2.30. The first-order valence-corrected chi connectivity index (χ1v) is 12.7. The van der Waals surface area contributed by atoms with E-state index >= 15 is 0 Å². The molecule has 1 heterocycles. The van der Waals surface area contributed by atoms with Crippen LogP contribution in [0.15, 0.2) is 101 Å². The molecule has 5 rings (SSSR count). The predicted molar refractivity (Wildman–Crippen MR) is 147 cm³/mol. The highest BCUT2D eigenvalue weighted by Gasteiger charge is 2.20. The maximum atomic E-state index is 13.6. The molecule has 0 saturated carbocycles. The normalized spacial score (nSPS) is 11.1. The molecule has 1 aromatic heterocycles. The molecule has 6 nitrogen and oxygen atoms in total. The molecular weight excluding hydrogens is 470 g/mol. The van der Waals surface area contributed by atoms with Gasteiger partial charge in [0.1, 0.15) is 5.75 Å². The highest BCUT2D eigenvalue weighted by atomic mass is 32.2. The molecule has 0 saturated heterocycles. The first-order chi connectivity index (χ1) is 17.6. The Bertz CT molecular complexity index is 1620. The Morgan fingerprint density at radius 1 is 0.917 bits per heavy atom. The summed E-state index contributed by atoms with van der Waals surface area (Å²) < 4.78 is 7.06. The van der Waals surface area contributed by atoms with E-state index in [2.05, 4.69) is 0 Å². The Labute approximate surface area is 213 Å². The molecule has 5 aromatic rings. The molecule has 180 valence electrons. The van der Waals surface area contributed by atoms with Gasteiger partial charge in [-0.1, -0.05) is 72.4 Å². The molecule has 0 N–H and O–H groups in total. The minimum absolute atomic E-state index is 0.0622. The van der Waals surface area contributed by atoms with Crippen LogP contribution in [0.4, 0.5) is 5.69 Å². The van der Waals surface area contributed by atoms with Crippen LogP contribution < -0.4 is 15.2 Å². The van der Waals surface area contributed by atoms with Crippen LogP contribution in [-0.2, 0) is 4.79 Å². The molecule has 0 aliphatic rings. The van der Waals surface area contributed by atoms with Crippen molar-refractivity contribution in [3.8, 4) is 11.4 Å². The van der Waals surface area contributed by atoms with Gasteiger partial charge >= 0.3 is 0 Å². The van der Waals surface area contributed by atoms with Crippen molar-refractivity contribution >= 4 is 45.0 Å². The molecule has 36 heavy (non-hydrogen) atoms. The van der Waals surface area contributed by atoms with Crippen LogP contribution in [0.1, 0.15) is 6.92 Å². The van der Waals surface area contributed by atoms with Crippen molar-refractivity contribution in [1.29, 1.82) is 0 Å². The number of aromatic nitrogens is 2. The summed E-state index contributed by atoms with van der Waals surface area (Å²) in [5, 5.41) is 3.04. The number of nitrogens with zero attached hydrogens (tertiary/aromatic N) is 3. The van der Waals surface area contributed by atoms with E-state index in [9.17, 15) is 9.59 Å². The number of fused-ring (bicyclic) bond motifs is 2. The summed E-state index contributed by atoms with van der Waals surface area (Å²) in [6.45, 7) is 2.49. The van der Waals surface area contributed by atoms with Gasteiger partial charge in [-0.05, 0) is 42.6 Å². The number of hydrogen-bond acceptors (Lipinski definition) is 5. The molecule has 0 atom stereocenters. The number of anilines is 1. The maximum Gasteiger partial charge on any atom is 0.266 e. The minimum Gasteiger partial charge on any atom is -0.495 e. The van der Waals surface area contributed by atoms with E-state index in [1.54, 1.807) is 24.1 Å². The number of amides is 1. The van der Waals surface area contributed by atoms with Gasteiger partial charge in [0.15, 0.2) is 5.16 Å². The summed E-state index contributed by atoms with van der Waals surface area (Å²) in [6, 6.07) is 28.5. The van der Waals surface area contributed by atoms with Crippen molar-refractivity contribution in [3.05, 3.63) is 101 Å². The summed E-state index contributed by atoms with van der Waals surface area (Å²) in [6.07, 6.45) is 0. The topological polar surface area (TPSA) is 64.4 Å². The van der Waals surface area contributed by atoms with Gasteiger partial charge in [-0.2, -0.15) is 0 Å². The Balaban J connectivity index is 1.54. The Kier molecular flexibility index (Phi) is 6.73. The number of thioether (sulfide) groups is 1. The number of para-hydroxylation sites is 3. The summed E-state index contributed by atoms with van der Waals surface area (Å²) >= 11 is 1.25. The third-order valence-corrected chi connectivity index (χ3v) is 6.99. The number of hydrogen-bond donors (Lipinski definition) is 0. The molecule has 0 aliphatic heterocycles. The van der Waals surface area contributed by atoms with Gasteiger partial charge in [-0.15, -0.1) is 0 Å². The molecule has 0 unspecified atom stereocenters. The predicted octanol–water partition coefficient (Wildman–Crippen LogP) is 5.69. The van der Waals surface area contributed by atoms with Crippen LogP contribution in [0.3, 0.4) is 0 Å². The lowest BCUT2D eigenvalue weighted by atomic mass is 10.1. The second-order valence-electron chi connectivity index (χ2n) is 8.15. The molecule has 0 bridgehead atoms. The average Bonchev–Trinajstić information content (AvgIpc) is 2.92. The van der Waals surface area contributed by atoms with E-state index < -0.39 is 0 Å². The first kappa shape index (κ1) is 23.6. The lowest BCUT2D eigenvalue weighted by Gasteiger charge is -2.23. The van der Waals surface area contributed by atoms with Crippen LogP contribution >= 0.6 is 11.8 Å². The summed E-state index contributed by atoms with van der Waals surface area (Å²) in [5.41, 5.74) is 1.83. The number of ether oxygens (including phenoxy) is 1. The summed E-state index contributed by atoms with van der Waals surface area (Å²) in [7, 11) is 1.57. The second-order valence-corrected chi connectivity index (χ2v) is 9.09. The number of rotatable bonds is 7. The van der Waals surface area contributed by atoms with E-state index in [0.29, 0.717) is 34.0 Å². The number of benzene rings is 4. The minimum atomic E-state index is -0.207. The lowest BCUT2D eigenvalue weighted by Crippen LogP contribution is -2.32. The van der Waals surface area contributed by atoms with E-state index in [1.807, 2.05) is 85.8 Å². The third-order valence-electron chi connectivity index (χ3n) is 6.07. The van der Waals surface area contributed by atoms with Gasteiger partial charge in [0, 0.05) is 11.9 Å². The summed E-state index contributed by atoms with van der Waals surface area (Å²) in [5.74, 6) is 0.611. The summed E-state index contributed by atoms with van der Waals surface area (Å²) in [4.78, 5) is 33.6. The lowest BCUT2D eigenvalue weighted by molar-refractivity contribution is -0.116. The fraction of sp³-hybridized carbons (Fsp3) is 0.138. The van der Waals surface area contributed by atoms with Crippen LogP contribution in [0, 0.1) is 0 Å². The molecule has 0 spiro atoms. The van der Waals surface area contributed by atoms with E-state index in [1.165, 1.54) is 16.3 Å². The first-order valence-electron chi connectivity index (χ1n) is 11.7. The monoisotopic (exact) mass is 495 g/mol. The third kappa shape index (κ3) is 4.33. The number of carbonyl (C=O) groups is 1. The van der Waals surface area contributed by atoms with Gasteiger partial charge in [0.25, 0.3) is 5.56 Å². The van der Waals surface area contributed by atoms with Crippen molar-refractivity contribution < 1.29 is 9.53 Å². The average molecular weight is 496 g/mol. The smallest absolute Gasteiger partial charge is 0.266 e. The van der Waals surface area contributed by atoms with Gasteiger partial charge < -0.3 is 9.64 Å². The molecule has 4 aromatic carbocycles. The maximum absolute atomic E-state index is 13.6. The standard InChI is InChI=1S/C29H25N3O3S/c1-3-31(24-17-10-12-20-11-4-5-13-21(20)24)27(33)19-36-29-30-23-15-7-6-14-22(23)28(34)32(29)25-16-8-9-18-26(25)35-2/h4-18H,3,19H2,1-2H3. The molecular formula is C29H25N3O3S. The second kappa shape index (κ2) is 10.3. The van der Waals surface area contributed by atoms with Crippen molar-refractivity contribution in [2.75, 3.05) is 24.3 Å². The Morgan fingerprint density at radius 3 is 2.42 bits per heavy atom. The number of carbonyl (C=O) groups excluding carboxylic acids is 1. The molecule has 0 radical (unpaired) electrons. The van der Waals surface area contributed by atoms with Crippen LogP contribution in [0.25, 0.3) is 27.4 Å². The van der Waals surface area contributed by atoms with Crippen LogP contribution in [-0.4, -0.2) is 34.9 Å². The van der Waals surface area contributed by atoms with Crippen molar-refractivity contribution in [2.45, 2.75) is 12.1 Å². The van der Waals surface area contributed by atoms with Gasteiger partial charge in [0.05, 0.1) is 35.1 Å². The zero-order valence-corrected chi connectivity index (χ0v) is 20.9. The van der Waals surface area contributed by atoms with E-state index in [-0.39, 0.29) is 17.2 Å². The zero-order valence-electron chi connectivity index (χ0n) is 20.0. The van der Waals surface area contributed by atoms with Crippen molar-refractivity contribution in [3.63, 3.8) is 0 Å². The van der Waals surface area contributed by atoms with E-state index in [4.69, 9.17) is 9.72 Å². The van der Waals surface area contributed by atoms with Gasteiger partial charge in [-0.3, -0.25) is 14.2 Å². The molecule has 1 amide bonds. The van der Waals surface area contributed by atoms with Crippen LogP contribution in [0.2, 0.25) is 0 Å². The fourth-order valence-electron chi connectivity index (χ4n) is 4.37. The highest BCUT2D eigenvalue weighted by molar-refractivity contribution is 7.99. The largest absolute Gasteiger partial charge is 0.495 e. The fourth-order valence-corrected chi connectivity index (χ4v) is 5.25. The quantitative estimate of drug-likeness (QED) is 0.214. The Morgan fingerprint density at radius 2 is 1.61 bits per heavy atom. The SMILES string of the molecule is CCN(C(=O)CSc1nc2ccccc2c(=O)n1-c1ccccc1OC)c1cccc2ccccc12. The molecule has 0 aliphatic carbocycles. The Hall–Kier alpha value is -4.10. The van der Waals surface area contributed by atoms with Gasteiger partial charge in [0.2, 0.25) is 5.91 Å². The van der Waals surface area contributed by atoms with Crippen molar-refractivity contribution in [2.24, 2.45) is 0 Å². The molecule has 7 heteroatoms. The number of methoxy groups -OCH3 is 1. The van der Waals surface area contributed by atoms with E-state index in [0.717, 1.165) is 16.5 Å². The van der Waals surface area contributed by atoms with Crippen LogP contribution in [0.5, 0.6) is 5.75 Å².